The minimum absolute atomic E-state index is 0.254. The van der Waals surface area contributed by atoms with Crippen molar-refractivity contribution in [3.8, 4) is 22.8 Å². The molecule has 4 aromatic rings. The minimum atomic E-state index is -0.807. The topological polar surface area (TPSA) is 132 Å². The van der Waals surface area contributed by atoms with Crippen LogP contribution in [0.5, 0.6) is 11.5 Å². The van der Waals surface area contributed by atoms with Crippen LogP contribution >= 0.6 is 0 Å². The molecule has 0 aliphatic heterocycles. The number of amides is 3. The van der Waals surface area contributed by atoms with E-state index >= 15 is 0 Å². The lowest BCUT2D eigenvalue weighted by atomic mass is 9.94. The fraction of sp³-hybridized carbons (Fsp3) is 0.200. The van der Waals surface area contributed by atoms with E-state index in [9.17, 15) is 14.4 Å². The van der Waals surface area contributed by atoms with Crippen LogP contribution in [0.4, 0.5) is 11.4 Å². The summed E-state index contributed by atoms with van der Waals surface area (Å²) in [6.45, 7) is 3.65. The van der Waals surface area contributed by atoms with Crippen LogP contribution in [-0.4, -0.2) is 42.5 Å². The van der Waals surface area contributed by atoms with Gasteiger partial charge in [0.05, 0.1) is 26.0 Å². The Bertz CT molecular complexity index is 1500. The molecule has 0 saturated carbocycles. The zero-order valence-electron chi connectivity index (χ0n) is 22.6. The number of benzene rings is 3. The van der Waals surface area contributed by atoms with Gasteiger partial charge in [-0.15, -0.1) is 0 Å². The predicted molar refractivity (Wildman–Crippen MR) is 150 cm³/mol. The molecule has 3 aromatic carbocycles. The smallest absolute Gasteiger partial charge is 0.313 e. The molecule has 3 N–H and O–H groups in total. The Labute approximate surface area is 231 Å². The number of oxazole rings is 1. The number of methoxy groups -OCH3 is 2. The van der Waals surface area contributed by atoms with Gasteiger partial charge >= 0.3 is 11.8 Å². The van der Waals surface area contributed by atoms with Gasteiger partial charge in [0.2, 0.25) is 0 Å². The summed E-state index contributed by atoms with van der Waals surface area (Å²) in [5, 5.41) is 8.23. The Morgan fingerprint density at radius 1 is 0.875 bits per heavy atom. The number of hydrogen-bond donors (Lipinski definition) is 3. The second kappa shape index (κ2) is 12.2. The largest absolute Gasteiger partial charge is 0.497 e. The molecule has 10 heteroatoms. The second-order valence-electron chi connectivity index (χ2n) is 9.63. The molecule has 0 saturated heterocycles. The lowest BCUT2D eigenvalue weighted by Crippen LogP contribution is -2.49. The number of hydrogen-bond acceptors (Lipinski definition) is 7. The van der Waals surface area contributed by atoms with Crippen molar-refractivity contribution >= 4 is 29.1 Å². The molecular weight excluding hydrogens is 512 g/mol. The van der Waals surface area contributed by atoms with E-state index in [-0.39, 0.29) is 5.91 Å². The van der Waals surface area contributed by atoms with Crippen molar-refractivity contribution in [1.29, 1.82) is 0 Å². The van der Waals surface area contributed by atoms with E-state index < -0.39 is 17.4 Å². The molecule has 0 atom stereocenters. The zero-order chi connectivity index (χ0) is 28.7. The highest BCUT2D eigenvalue weighted by Crippen LogP contribution is 2.32. The molecule has 3 amide bonds. The Balaban J connectivity index is 1.33. The van der Waals surface area contributed by atoms with Crippen molar-refractivity contribution in [2.45, 2.75) is 25.8 Å². The van der Waals surface area contributed by atoms with E-state index in [4.69, 9.17) is 13.9 Å². The quantitative estimate of drug-likeness (QED) is 0.262. The van der Waals surface area contributed by atoms with Gasteiger partial charge in [-0.1, -0.05) is 18.2 Å². The van der Waals surface area contributed by atoms with Crippen LogP contribution in [0.1, 0.15) is 29.8 Å². The number of carbonyl (C=O) groups is 3. The summed E-state index contributed by atoms with van der Waals surface area (Å²) in [6.07, 6.45) is 3.32. The van der Waals surface area contributed by atoms with Crippen molar-refractivity contribution in [2.75, 3.05) is 24.9 Å². The normalized spacial score (nSPS) is 10.9. The second-order valence-corrected chi connectivity index (χ2v) is 9.63. The molecular formula is C30H30N4O6. The van der Waals surface area contributed by atoms with Crippen molar-refractivity contribution in [2.24, 2.45) is 0 Å². The molecule has 10 nitrogen and oxygen atoms in total. The lowest BCUT2D eigenvalue weighted by molar-refractivity contribution is -0.137. The van der Waals surface area contributed by atoms with Crippen LogP contribution in [0, 0.1) is 0 Å². The first-order valence-electron chi connectivity index (χ1n) is 12.4. The summed E-state index contributed by atoms with van der Waals surface area (Å²) in [4.78, 5) is 41.8. The van der Waals surface area contributed by atoms with E-state index in [2.05, 4.69) is 20.9 Å². The summed E-state index contributed by atoms with van der Waals surface area (Å²) in [7, 11) is 3.04. The number of nitrogens with zero attached hydrogens (tertiary/aromatic N) is 1. The summed E-state index contributed by atoms with van der Waals surface area (Å²) >= 11 is 0. The van der Waals surface area contributed by atoms with Crippen molar-refractivity contribution in [3.63, 3.8) is 0 Å². The summed E-state index contributed by atoms with van der Waals surface area (Å²) < 4.78 is 15.9. The van der Waals surface area contributed by atoms with Gasteiger partial charge in [0.15, 0.2) is 12.2 Å². The van der Waals surface area contributed by atoms with Gasteiger partial charge in [0.1, 0.15) is 11.5 Å². The monoisotopic (exact) mass is 542 g/mol. The molecule has 0 unspecified atom stereocenters. The van der Waals surface area contributed by atoms with E-state index in [1.54, 1.807) is 67.9 Å². The molecule has 1 heterocycles. The SMILES string of the molecule is COc1cccc(C(=O)Nc2ccc(CC(C)(C)NC(=O)C(=O)Nc3ccc(-c4cnco4)c(OC)c3)cc2)c1. The molecule has 0 radical (unpaired) electrons. The average molecular weight is 543 g/mol. The van der Waals surface area contributed by atoms with Gasteiger partial charge in [-0.25, -0.2) is 4.98 Å². The maximum Gasteiger partial charge on any atom is 0.313 e. The Morgan fingerprint density at radius 3 is 2.30 bits per heavy atom. The highest BCUT2D eigenvalue weighted by Gasteiger charge is 2.25. The summed E-state index contributed by atoms with van der Waals surface area (Å²) in [6, 6.07) is 19.1. The van der Waals surface area contributed by atoms with E-state index in [1.165, 1.54) is 13.5 Å². The maximum absolute atomic E-state index is 12.7. The van der Waals surface area contributed by atoms with Crippen molar-refractivity contribution in [3.05, 3.63) is 90.4 Å². The van der Waals surface area contributed by atoms with Crippen LogP contribution in [0.3, 0.4) is 0 Å². The minimum Gasteiger partial charge on any atom is -0.497 e. The van der Waals surface area contributed by atoms with E-state index in [1.807, 2.05) is 26.0 Å². The predicted octanol–water partition coefficient (Wildman–Crippen LogP) is 4.69. The third-order valence-electron chi connectivity index (χ3n) is 6.01. The average Bonchev–Trinajstić information content (AvgIpc) is 3.48. The van der Waals surface area contributed by atoms with Crippen LogP contribution < -0.4 is 25.4 Å². The first-order chi connectivity index (χ1) is 19.2. The Kier molecular flexibility index (Phi) is 8.48. The van der Waals surface area contributed by atoms with Gasteiger partial charge in [-0.2, -0.15) is 0 Å². The molecule has 4 rings (SSSR count). The fourth-order valence-corrected chi connectivity index (χ4v) is 4.10. The molecule has 0 aliphatic carbocycles. The first kappa shape index (κ1) is 27.9. The molecule has 1 aromatic heterocycles. The molecule has 206 valence electrons. The van der Waals surface area contributed by atoms with Crippen LogP contribution in [0.15, 0.2) is 83.7 Å². The number of ether oxygens (including phenoxy) is 2. The third-order valence-corrected chi connectivity index (χ3v) is 6.01. The van der Waals surface area contributed by atoms with E-state index in [0.717, 1.165) is 5.56 Å². The number of aromatic nitrogens is 1. The van der Waals surface area contributed by atoms with Crippen LogP contribution in [0.2, 0.25) is 0 Å². The highest BCUT2D eigenvalue weighted by atomic mass is 16.5. The zero-order valence-corrected chi connectivity index (χ0v) is 22.6. The van der Waals surface area contributed by atoms with E-state index in [0.29, 0.717) is 46.2 Å². The summed E-state index contributed by atoms with van der Waals surface area (Å²) in [5.41, 5.74) is 2.35. The van der Waals surface area contributed by atoms with Crippen molar-refractivity contribution in [1.82, 2.24) is 10.3 Å². The van der Waals surface area contributed by atoms with Gasteiger partial charge in [-0.3, -0.25) is 14.4 Å². The van der Waals surface area contributed by atoms with Gasteiger partial charge in [0.25, 0.3) is 5.91 Å². The van der Waals surface area contributed by atoms with Crippen LogP contribution in [0.25, 0.3) is 11.3 Å². The maximum atomic E-state index is 12.7. The molecule has 0 aliphatic rings. The molecule has 0 spiro atoms. The number of rotatable bonds is 9. The molecule has 0 bridgehead atoms. The highest BCUT2D eigenvalue weighted by molar-refractivity contribution is 6.39. The third kappa shape index (κ3) is 7.04. The first-order valence-corrected chi connectivity index (χ1v) is 12.4. The summed E-state index contributed by atoms with van der Waals surface area (Å²) in [5.74, 6) is -0.263. The standard InChI is InChI=1S/C30H30N4O6/c1-30(2,16-19-8-10-21(11-9-19)32-27(35)20-6-5-7-23(14-20)38-3)34-29(37)28(36)33-22-12-13-24(25(15-22)39-4)26-17-31-18-40-26/h5-15,17-18H,16H2,1-4H3,(H,32,35)(H,33,36)(H,34,37). The molecule has 0 fully saturated rings. The Hall–Kier alpha value is -5.12. The number of nitrogens with one attached hydrogen (secondary N) is 3. The van der Waals surface area contributed by atoms with Gasteiger partial charge in [-0.05, 0) is 68.3 Å². The van der Waals surface area contributed by atoms with Gasteiger partial charge in [0, 0.05) is 28.5 Å². The van der Waals surface area contributed by atoms with Crippen LogP contribution in [-0.2, 0) is 16.0 Å². The number of anilines is 2. The van der Waals surface area contributed by atoms with Gasteiger partial charge < -0.3 is 29.8 Å². The Morgan fingerprint density at radius 2 is 1.62 bits per heavy atom. The molecule has 40 heavy (non-hydrogen) atoms. The lowest BCUT2D eigenvalue weighted by Gasteiger charge is -2.26. The fourth-order valence-electron chi connectivity index (χ4n) is 4.10. The number of carbonyl (C=O) groups excluding carboxylic acids is 3. The van der Waals surface area contributed by atoms with Crippen molar-refractivity contribution < 1.29 is 28.3 Å².